The lowest BCUT2D eigenvalue weighted by atomic mass is 10.1. The first-order valence-electron chi connectivity index (χ1n) is 6.72. The van der Waals surface area contributed by atoms with Gasteiger partial charge in [-0.15, -0.1) is 11.3 Å². The van der Waals surface area contributed by atoms with E-state index in [1.807, 2.05) is 0 Å². The fourth-order valence-electron chi connectivity index (χ4n) is 2.14. The zero-order chi connectivity index (χ0) is 15.8. The molecule has 116 valence electrons. The van der Waals surface area contributed by atoms with Crippen LogP contribution in [0.4, 0.5) is 4.79 Å². The molecule has 1 aromatic rings. The predicted octanol–water partition coefficient (Wildman–Crippen LogP) is 2.70. The molecule has 7 heteroatoms. The third-order valence-electron chi connectivity index (χ3n) is 3.02. The van der Waals surface area contributed by atoms with Gasteiger partial charge in [-0.2, -0.15) is 0 Å². The molecule has 0 aromatic carbocycles. The summed E-state index contributed by atoms with van der Waals surface area (Å²) in [7, 11) is 0. The summed E-state index contributed by atoms with van der Waals surface area (Å²) in [5.74, 6) is -0.221. The van der Waals surface area contributed by atoms with Gasteiger partial charge in [0, 0.05) is 11.6 Å². The summed E-state index contributed by atoms with van der Waals surface area (Å²) >= 11 is 1.25. The summed E-state index contributed by atoms with van der Waals surface area (Å²) < 4.78 is 11.0. The quantitative estimate of drug-likeness (QED) is 0.785. The van der Waals surface area contributed by atoms with Gasteiger partial charge in [-0.1, -0.05) is 0 Å². The van der Waals surface area contributed by atoms with E-state index in [9.17, 15) is 9.59 Å². The van der Waals surface area contributed by atoms with Crippen molar-refractivity contribution in [1.29, 1.82) is 0 Å². The first-order chi connectivity index (χ1) is 9.62. The van der Waals surface area contributed by atoms with Crippen molar-refractivity contribution >= 4 is 23.2 Å². The zero-order valence-electron chi connectivity index (χ0n) is 12.9. The van der Waals surface area contributed by atoms with Crippen molar-refractivity contribution in [3.8, 4) is 0 Å². The summed E-state index contributed by atoms with van der Waals surface area (Å²) in [6, 6.07) is -0.707. The second-order valence-corrected chi connectivity index (χ2v) is 7.22. The zero-order valence-corrected chi connectivity index (χ0v) is 13.7. The highest BCUT2D eigenvalue weighted by Crippen LogP contribution is 2.31. The van der Waals surface area contributed by atoms with E-state index >= 15 is 0 Å². The minimum atomic E-state index is -0.889. The monoisotopic (exact) mass is 312 g/mol. The predicted molar refractivity (Wildman–Crippen MR) is 78.3 cm³/mol. The maximum absolute atomic E-state index is 12.5. The molecule has 1 atom stereocenters. The molecule has 2 heterocycles. The number of rotatable bonds is 2. The fraction of sp³-hybridized carbons (Fsp3) is 0.643. The number of hydrogen-bond donors (Lipinski definition) is 0. The Kier molecular flexibility index (Phi) is 4.08. The van der Waals surface area contributed by atoms with Crippen LogP contribution in [0, 0.1) is 0 Å². The molecular formula is C14H20N2O4S. The molecule has 0 unspecified atom stereocenters. The Bertz CT molecular complexity index is 534. The summed E-state index contributed by atoms with van der Waals surface area (Å²) in [4.78, 5) is 30.3. The molecule has 1 fully saturated rings. The van der Waals surface area contributed by atoms with E-state index in [1.54, 1.807) is 46.2 Å². The number of thiazole rings is 1. The standard InChI is InChI=1S/C14H20N2O4S/c1-13(2,3)20-12(18)16-9(8-19-14(16,4)5)10(17)11-15-6-7-21-11/h6-7,9H,8H2,1-5H3/t9-/m1/s1. The van der Waals surface area contributed by atoms with Gasteiger partial charge in [0.05, 0.1) is 6.61 Å². The maximum atomic E-state index is 12.5. The third-order valence-corrected chi connectivity index (χ3v) is 3.81. The van der Waals surface area contributed by atoms with E-state index in [2.05, 4.69) is 4.98 Å². The minimum Gasteiger partial charge on any atom is -0.444 e. The smallest absolute Gasteiger partial charge is 0.413 e. The summed E-state index contributed by atoms with van der Waals surface area (Å²) in [5.41, 5.74) is -1.52. The van der Waals surface area contributed by atoms with E-state index in [4.69, 9.17) is 9.47 Å². The van der Waals surface area contributed by atoms with Crippen LogP contribution in [0.25, 0.3) is 0 Å². The number of nitrogens with zero attached hydrogens (tertiary/aromatic N) is 2. The molecule has 6 nitrogen and oxygen atoms in total. The highest BCUT2D eigenvalue weighted by Gasteiger charge is 2.49. The first kappa shape index (κ1) is 15.9. The molecule has 0 radical (unpaired) electrons. The van der Waals surface area contributed by atoms with Crippen molar-refractivity contribution in [2.45, 2.75) is 52.0 Å². The van der Waals surface area contributed by atoms with Crippen LogP contribution in [0.3, 0.4) is 0 Å². The molecule has 1 amide bonds. The number of Topliss-reactive ketones (excluding diaryl/α,β-unsaturated/α-hetero) is 1. The van der Waals surface area contributed by atoms with Gasteiger partial charge in [0.1, 0.15) is 17.4 Å². The number of aromatic nitrogens is 1. The van der Waals surface area contributed by atoms with Gasteiger partial charge < -0.3 is 9.47 Å². The second-order valence-electron chi connectivity index (χ2n) is 6.33. The van der Waals surface area contributed by atoms with Crippen LogP contribution in [0.2, 0.25) is 0 Å². The number of ether oxygens (including phenoxy) is 2. The van der Waals surface area contributed by atoms with Crippen LogP contribution in [-0.2, 0) is 9.47 Å². The van der Waals surface area contributed by atoms with E-state index < -0.39 is 23.5 Å². The van der Waals surface area contributed by atoms with Crippen molar-refractivity contribution in [3.63, 3.8) is 0 Å². The SMILES string of the molecule is CC(C)(C)OC(=O)N1[C@@H](C(=O)c2nccs2)COC1(C)C. The van der Waals surface area contributed by atoms with Crippen molar-refractivity contribution in [3.05, 3.63) is 16.6 Å². The fourth-order valence-corrected chi connectivity index (χ4v) is 2.77. The first-order valence-corrected chi connectivity index (χ1v) is 7.60. The van der Waals surface area contributed by atoms with Gasteiger partial charge in [0.2, 0.25) is 5.78 Å². The Morgan fingerprint density at radius 2 is 2.14 bits per heavy atom. The number of carbonyl (C=O) groups excluding carboxylic acids is 2. The van der Waals surface area contributed by atoms with E-state index in [-0.39, 0.29) is 12.4 Å². The van der Waals surface area contributed by atoms with Crippen molar-refractivity contribution < 1.29 is 19.1 Å². The molecule has 0 bridgehead atoms. The Labute approximate surface area is 128 Å². The molecule has 2 rings (SSSR count). The van der Waals surface area contributed by atoms with Gasteiger partial charge in [-0.25, -0.2) is 9.78 Å². The molecule has 1 aromatic heterocycles. The summed E-state index contributed by atoms with van der Waals surface area (Å²) in [6.45, 7) is 8.98. The molecule has 0 aliphatic carbocycles. The minimum absolute atomic E-state index is 0.144. The topological polar surface area (TPSA) is 68.7 Å². The Morgan fingerprint density at radius 3 is 2.67 bits per heavy atom. The highest BCUT2D eigenvalue weighted by atomic mass is 32.1. The Morgan fingerprint density at radius 1 is 1.48 bits per heavy atom. The van der Waals surface area contributed by atoms with Crippen molar-refractivity contribution in [1.82, 2.24) is 9.88 Å². The summed E-state index contributed by atoms with van der Waals surface area (Å²) in [6.07, 6.45) is 1.01. The molecule has 0 spiro atoms. The van der Waals surface area contributed by atoms with Gasteiger partial charge in [0.15, 0.2) is 5.01 Å². The van der Waals surface area contributed by atoms with Crippen LogP contribution >= 0.6 is 11.3 Å². The van der Waals surface area contributed by atoms with E-state index in [0.29, 0.717) is 5.01 Å². The third kappa shape index (κ3) is 3.41. The van der Waals surface area contributed by atoms with E-state index in [1.165, 1.54) is 16.2 Å². The molecule has 1 aliphatic heterocycles. The molecule has 1 saturated heterocycles. The largest absolute Gasteiger partial charge is 0.444 e. The van der Waals surface area contributed by atoms with Crippen LogP contribution in [0.1, 0.15) is 44.4 Å². The highest BCUT2D eigenvalue weighted by molar-refractivity contribution is 7.11. The number of amides is 1. The normalized spacial score (nSPS) is 21.4. The van der Waals surface area contributed by atoms with Crippen LogP contribution in [0.15, 0.2) is 11.6 Å². The summed E-state index contributed by atoms with van der Waals surface area (Å²) in [5, 5.41) is 2.10. The van der Waals surface area contributed by atoms with Crippen LogP contribution in [0.5, 0.6) is 0 Å². The molecule has 1 aliphatic rings. The lowest BCUT2D eigenvalue weighted by molar-refractivity contribution is -0.0615. The molecule has 21 heavy (non-hydrogen) atoms. The maximum Gasteiger partial charge on any atom is 0.413 e. The lowest BCUT2D eigenvalue weighted by Gasteiger charge is -2.34. The van der Waals surface area contributed by atoms with Crippen LogP contribution < -0.4 is 0 Å². The number of hydrogen-bond acceptors (Lipinski definition) is 6. The van der Waals surface area contributed by atoms with Crippen molar-refractivity contribution in [2.24, 2.45) is 0 Å². The van der Waals surface area contributed by atoms with Gasteiger partial charge >= 0.3 is 6.09 Å². The van der Waals surface area contributed by atoms with Crippen molar-refractivity contribution in [2.75, 3.05) is 6.61 Å². The molecule has 0 N–H and O–H groups in total. The van der Waals surface area contributed by atoms with Gasteiger partial charge in [-0.05, 0) is 34.6 Å². The van der Waals surface area contributed by atoms with E-state index in [0.717, 1.165) is 0 Å². The van der Waals surface area contributed by atoms with Gasteiger partial charge in [-0.3, -0.25) is 9.69 Å². The average Bonchev–Trinajstić information content (AvgIpc) is 2.92. The van der Waals surface area contributed by atoms with Gasteiger partial charge in [0.25, 0.3) is 0 Å². The second kappa shape index (κ2) is 5.38. The number of ketones is 1. The Balaban J connectivity index is 2.25. The van der Waals surface area contributed by atoms with Crippen LogP contribution in [-0.4, -0.2) is 45.7 Å². The molecular weight excluding hydrogens is 292 g/mol. The molecule has 0 saturated carbocycles. The lowest BCUT2D eigenvalue weighted by Crippen LogP contribution is -2.52. The Hall–Kier alpha value is -1.47. The number of carbonyl (C=O) groups is 2. The average molecular weight is 312 g/mol.